The molecule has 0 unspecified atom stereocenters. The Balaban J connectivity index is 0.000000686. The topological polar surface area (TPSA) is 12.0 Å². The third-order valence-corrected chi connectivity index (χ3v) is 2.34. The van der Waals surface area contributed by atoms with E-state index in [1.165, 1.54) is 11.1 Å². The van der Waals surface area contributed by atoms with Crippen molar-refractivity contribution in [2.24, 2.45) is 0 Å². The molecular formula is C16H21N. The fourth-order valence-corrected chi connectivity index (χ4v) is 1.54. The maximum Gasteiger partial charge on any atom is 0.0208 e. The average molecular weight is 227 g/mol. The monoisotopic (exact) mass is 227 g/mol. The zero-order chi connectivity index (χ0) is 12.3. The second-order valence-corrected chi connectivity index (χ2v) is 3.57. The molecule has 0 fully saturated rings. The molecule has 2 rings (SSSR count). The summed E-state index contributed by atoms with van der Waals surface area (Å²) in [6, 6.07) is 20.9. The van der Waals surface area contributed by atoms with Gasteiger partial charge in [-0.25, -0.2) is 0 Å². The van der Waals surface area contributed by atoms with Crippen LogP contribution in [-0.2, 0) is 13.1 Å². The predicted molar refractivity (Wildman–Crippen MR) is 74.8 cm³/mol. The van der Waals surface area contributed by atoms with E-state index in [-0.39, 0.29) is 0 Å². The van der Waals surface area contributed by atoms with Crippen LogP contribution < -0.4 is 5.32 Å². The molecule has 90 valence electrons. The second-order valence-electron chi connectivity index (χ2n) is 3.57. The first kappa shape index (κ1) is 13.5. The first-order valence-electron chi connectivity index (χ1n) is 6.24. The van der Waals surface area contributed by atoms with Gasteiger partial charge in [0.1, 0.15) is 0 Å². The highest BCUT2D eigenvalue weighted by Gasteiger charge is 1.92. The highest BCUT2D eigenvalue weighted by molar-refractivity contribution is 5.16. The minimum Gasteiger partial charge on any atom is -0.309 e. The zero-order valence-corrected chi connectivity index (χ0v) is 10.7. The first-order chi connectivity index (χ1) is 8.45. The van der Waals surface area contributed by atoms with E-state index in [1.807, 2.05) is 26.0 Å². The molecule has 0 radical (unpaired) electrons. The molecule has 0 bridgehead atoms. The summed E-state index contributed by atoms with van der Waals surface area (Å²) in [5.41, 5.74) is 2.65. The molecule has 0 heterocycles. The summed E-state index contributed by atoms with van der Waals surface area (Å²) in [6.07, 6.45) is 0. The van der Waals surface area contributed by atoms with Crippen LogP contribution in [0.5, 0.6) is 0 Å². The Morgan fingerprint density at radius 3 is 1.35 bits per heavy atom. The lowest BCUT2D eigenvalue weighted by molar-refractivity contribution is 0.693. The summed E-state index contributed by atoms with van der Waals surface area (Å²) < 4.78 is 0. The van der Waals surface area contributed by atoms with Gasteiger partial charge in [0, 0.05) is 13.1 Å². The summed E-state index contributed by atoms with van der Waals surface area (Å²) in [4.78, 5) is 0. The SMILES string of the molecule is CC.c1ccc(CNCc2ccccc2)cc1. The normalized spacial score (nSPS) is 9.29. The van der Waals surface area contributed by atoms with Gasteiger partial charge >= 0.3 is 0 Å². The molecule has 0 amide bonds. The lowest BCUT2D eigenvalue weighted by Crippen LogP contribution is -2.12. The van der Waals surface area contributed by atoms with Crippen molar-refractivity contribution < 1.29 is 0 Å². The van der Waals surface area contributed by atoms with Crippen LogP contribution in [0.4, 0.5) is 0 Å². The molecule has 0 aliphatic carbocycles. The van der Waals surface area contributed by atoms with Crippen molar-refractivity contribution in [1.29, 1.82) is 0 Å². The van der Waals surface area contributed by atoms with Gasteiger partial charge in [-0.15, -0.1) is 0 Å². The quantitative estimate of drug-likeness (QED) is 0.832. The van der Waals surface area contributed by atoms with E-state index < -0.39 is 0 Å². The zero-order valence-electron chi connectivity index (χ0n) is 10.7. The number of hydrogen-bond donors (Lipinski definition) is 1. The largest absolute Gasteiger partial charge is 0.309 e. The fraction of sp³-hybridized carbons (Fsp3) is 0.250. The molecule has 0 saturated heterocycles. The van der Waals surface area contributed by atoms with Crippen LogP contribution in [0, 0.1) is 0 Å². The van der Waals surface area contributed by atoms with Crippen LogP contribution in [0.15, 0.2) is 60.7 Å². The minimum absolute atomic E-state index is 0.926. The maximum absolute atomic E-state index is 3.42. The minimum atomic E-state index is 0.926. The van der Waals surface area contributed by atoms with Crippen molar-refractivity contribution >= 4 is 0 Å². The van der Waals surface area contributed by atoms with Crippen molar-refractivity contribution in [2.75, 3.05) is 0 Å². The molecule has 0 saturated carbocycles. The van der Waals surface area contributed by atoms with Gasteiger partial charge in [-0.3, -0.25) is 0 Å². The first-order valence-corrected chi connectivity index (χ1v) is 6.24. The van der Waals surface area contributed by atoms with Gasteiger partial charge in [0.25, 0.3) is 0 Å². The standard InChI is InChI=1S/C14H15N.C2H6/c1-3-7-13(8-4-1)11-15-12-14-9-5-2-6-10-14;1-2/h1-10,15H,11-12H2;1-2H3. The number of rotatable bonds is 4. The van der Waals surface area contributed by atoms with Crippen molar-refractivity contribution in [2.45, 2.75) is 26.9 Å². The Morgan fingerprint density at radius 2 is 1.00 bits per heavy atom. The van der Waals surface area contributed by atoms with Gasteiger partial charge in [0.05, 0.1) is 0 Å². The van der Waals surface area contributed by atoms with E-state index >= 15 is 0 Å². The van der Waals surface area contributed by atoms with Gasteiger partial charge in [0.2, 0.25) is 0 Å². The molecule has 1 heteroatoms. The summed E-state index contributed by atoms with van der Waals surface area (Å²) in [7, 11) is 0. The summed E-state index contributed by atoms with van der Waals surface area (Å²) in [5, 5.41) is 3.42. The highest BCUT2D eigenvalue weighted by atomic mass is 14.8. The van der Waals surface area contributed by atoms with E-state index in [4.69, 9.17) is 0 Å². The molecular weight excluding hydrogens is 206 g/mol. The van der Waals surface area contributed by atoms with Crippen LogP contribution in [0.2, 0.25) is 0 Å². The van der Waals surface area contributed by atoms with Crippen molar-refractivity contribution in [3.63, 3.8) is 0 Å². The number of benzene rings is 2. The van der Waals surface area contributed by atoms with Crippen LogP contribution in [0.1, 0.15) is 25.0 Å². The Hall–Kier alpha value is -1.60. The van der Waals surface area contributed by atoms with Gasteiger partial charge in [0.15, 0.2) is 0 Å². The lowest BCUT2D eigenvalue weighted by Gasteiger charge is -2.04. The van der Waals surface area contributed by atoms with E-state index in [9.17, 15) is 0 Å². The molecule has 2 aromatic carbocycles. The molecule has 17 heavy (non-hydrogen) atoms. The van der Waals surface area contributed by atoms with Crippen LogP contribution >= 0.6 is 0 Å². The average Bonchev–Trinajstić information content (AvgIpc) is 2.43. The van der Waals surface area contributed by atoms with Gasteiger partial charge < -0.3 is 5.32 Å². The fourth-order valence-electron chi connectivity index (χ4n) is 1.54. The highest BCUT2D eigenvalue weighted by Crippen LogP contribution is 2.00. The van der Waals surface area contributed by atoms with E-state index in [0.717, 1.165) is 13.1 Å². The molecule has 2 aromatic rings. The van der Waals surface area contributed by atoms with E-state index in [2.05, 4.69) is 53.8 Å². The smallest absolute Gasteiger partial charge is 0.0208 e. The van der Waals surface area contributed by atoms with Gasteiger partial charge in [-0.2, -0.15) is 0 Å². The second kappa shape index (κ2) is 8.54. The summed E-state index contributed by atoms with van der Waals surface area (Å²) >= 11 is 0. The third kappa shape index (κ3) is 5.32. The Bertz CT molecular complexity index is 341. The van der Waals surface area contributed by atoms with Gasteiger partial charge in [-0.05, 0) is 11.1 Å². The Morgan fingerprint density at radius 1 is 0.647 bits per heavy atom. The Labute approximate surface area is 105 Å². The molecule has 0 aliphatic heterocycles. The van der Waals surface area contributed by atoms with Gasteiger partial charge in [-0.1, -0.05) is 74.5 Å². The summed E-state index contributed by atoms with van der Waals surface area (Å²) in [5.74, 6) is 0. The molecule has 0 atom stereocenters. The Kier molecular flexibility index (Phi) is 6.76. The van der Waals surface area contributed by atoms with Crippen LogP contribution in [0.3, 0.4) is 0 Å². The van der Waals surface area contributed by atoms with E-state index in [1.54, 1.807) is 0 Å². The van der Waals surface area contributed by atoms with Crippen LogP contribution in [0.25, 0.3) is 0 Å². The molecule has 0 aromatic heterocycles. The molecule has 1 N–H and O–H groups in total. The van der Waals surface area contributed by atoms with Crippen molar-refractivity contribution in [3.05, 3.63) is 71.8 Å². The maximum atomic E-state index is 3.42. The third-order valence-electron chi connectivity index (χ3n) is 2.34. The lowest BCUT2D eigenvalue weighted by atomic mass is 10.2. The summed E-state index contributed by atoms with van der Waals surface area (Å²) in [6.45, 7) is 5.85. The van der Waals surface area contributed by atoms with E-state index in [0.29, 0.717) is 0 Å². The van der Waals surface area contributed by atoms with Crippen molar-refractivity contribution in [1.82, 2.24) is 5.32 Å². The molecule has 0 spiro atoms. The number of nitrogens with one attached hydrogen (secondary N) is 1. The molecule has 1 nitrogen and oxygen atoms in total. The van der Waals surface area contributed by atoms with Crippen molar-refractivity contribution in [3.8, 4) is 0 Å². The number of hydrogen-bond acceptors (Lipinski definition) is 1. The predicted octanol–water partition coefficient (Wildman–Crippen LogP) is 4.00. The molecule has 0 aliphatic rings. The van der Waals surface area contributed by atoms with Crippen LogP contribution in [-0.4, -0.2) is 0 Å².